The maximum atomic E-state index is 12.0. The van der Waals surface area contributed by atoms with Crippen LogP contribution in [-0.2, 0) is 21.3 Å². The lowest BCUT2D eigenvalue weighted by Crippen LogP contribution is -2.08. The van der Waals surface area contributed by atoms with Gasteiger partial charge in [0.25, 0.3) is 0 Å². The number of hydrogen-bond acceptors (Lipinski definition) is 5. The highest BCUT2D eigenvalue weighted by Crippen LogP contribution is 2.21. The summed E-state index contributed by atoms with van der Waals surface area (Å²) >= 11 is 11.6. The van der Waals surface area contributed by atoms with Gasteiger partial charge in [0.1, 0.15) is 5.75 Å². The lowest BCUT2D eigenvalue weighted by Gasteiger charge is -2.04. The van der Waals surface area contributed by atoms with Gasteiger partial charge in [0.2, 0.25) is 0 Å². The number of rotatable bonds is 4. The second-order valence-electron chi connectivity index (χ2n) is 4.05. The Kier molecular flexibility index (Phi) is 4.13. The molecule has 0 fully saturated rings. The number of hydrogen-bond donors (Lipinski definition) is 0. The fourth-order valence-electron chi connectivity index (χ4n) is 1.51. The summed E-state index contributed by atoms with van der Waals surface area (Å²) in [4.78, 5) is 3.92. The van der Waals surface area contributed by atoms with Crippen molar-refractivity contribution in [2.75, 3.05) is 0 Å². The molecule has 5 nitrogen and oxygen atoms in total. The van der Waals surface area contributed by atoms with E-state index in [1.807, 2.05) is 0 Å². The predicted octanol–water partition coefficient (Wildman–Crippen LogP) is 2.80. The molecule has 102 valence electrons. The van der Waals surface area contributed by atoms with E-state index in [4.69, 9.17) is 27.7 Å². The number of sulfone groups is 1. The first-order valence-electron chi connectivity index (χ1n) is 5.28. The summed E-state index contributed by atoms with van der Waals surface area (Å²) in [5.41, 5.74) is 0.898. The molecule has 2 rings (SSSR count). The van der Waals surface area contributed by atoms with Crippen LogP contribution in [0, 0.1) is 6.92 Å². The molecule has 0 bridgehead atoms. The van der Waals surface area contributed by atoms with E-state index < -0.39 is 9.84 Å². The average molecular weight is 321 g/mol. The van der Waals surface area contributed by atoms with Gasteiger partial charge in [0, 0.05) is 12.3 Å². The smallest absolute Gasteiger partial charge is 0.163 e. The molecular formula is C11H10Cl2N2O3S. The quantitative estimate of drug-likeness (QED) is 0.866. The van der Waals surface area contributed by atoms with Crippen molar-refractivity contribution in [1.82, 2.24) is 10.1 Å². The molecule has 0 aromatic carbocycles. The van der Waals surface area contributed by atoms with E-state index in [-0.39, 0.29) is 22.2 Å². The van der Waals surface area contributed by atoms with E-state index >= 15 is 0 Å². The van der Waals surface area contributed by atoms with Gasteiger partial charge in [-0.25, -0.2) is 8.42 Å². The fraction of sp³-hybridized carbons (Fsp3) is 0.273. The van der Waals surface area contributed by atoms with Gasteiger partial charge in [0.15, 0.2) is 15.6 Å². The highest BCUT2D eigenvalue weighted by Gasteiger charge is 2.18. The number of nitrogens with zero attached hydrogens (tertiary/aromatic N) is 2. The number of pyridine rings is 1. The predicted molar refractivity (Wildman–Crippen MR) is 71.8 cm³/mol. The molecule has 0 N–H and O–H groups in total. The number of aryl methyl sites for hydroxylation is 1. The Morgan fingerprint density at radius 3 is 2.58 bits per heavy atom. The Morgan fingerprint density at radius 1 is 1.26 bits per heavy atom. The SMILES string of the molecule is Cc1cc(CS(=O)(=O)Cc2ncc(Cl)cc2Cl)on1. The van der Waals surface area contributed by atoms with Gasteiger partial charge in [-0.3, -0.25) is 4.98 Å². The number of aromatic nitrogens is 2. The molecule has 0 atom stereocenters. The minimum absolute atomic E-state index is 0.227. The molecule has 0 radical (unpaired) electrons. The molecule has 19 heavy (non-hydrogen) atoms. The summed E-state index contributed by atoms with van der Waals surface area (Å²) < 4.78 is 28.9. The van der Waals surface area contributed by atoms with Crippen LogP contribution in [0.4, 0.5) is 0 Å². The standard InChI is InChI=1S/C11H10Cl2N2O3S/c1-7-2-9(18-15-7)5-19(16,17)6-11-10(13)3-8(12)4-14-11/h2-4H,5-6H2,1H3. The first-order valence-corrected chi connectivity index (χ1v) is 7.86. The molecule has 2 aromatic rings. The zero-order valence-electron chi connectivity index (χ0n) is 9.93. The summed E-state index contributed by atoms with van der Waals surface area (Å²) in [6, 6.07) is 3.04. The molecule has 0 saturated heterocycles. The molecule has 0 amide bonds. The maximum absolute atomic E-state index is 12.0. The molecule has 0 aliphatic heterocycles. The van der Waals surface area contributed by atoms with Crippen LogP contribution in [0.25, 0.3) is 0 Å². The van der Waals surface area contributed by atoms with Gasteiger partial charge in [-0.15, -0.1) is 0 Å². The largest absolute Gasteiger partial charge is 0.360 e. The van der Waals surface area contributed by atoms with E-state index in [0.29, 0.717) is 16.5 Å². The van der Waals surface area contributed by atoms with Gasteiger partial charge < -0.3 is 4.52 Å². The third-order valence-electron chi connectivity index (χ3n) is 2.28. The summed E-state index contributed by atoms with van der Waals surface area (Å²) in [6.07, 6.45) is 1.36. The van der Waals surface area contributed by atoms with Gasteiger partial charge in [-0.2, -0.15) is 0 Å². The molecule has 8 heteroatoms. The van der Waals surface area contributed by atoms with Gasteiger partial charge in [-0.1, -0.05) is 28.4 Å². The van der Waals surface area contributed by atoms with Gasteiger partial charge in [-0.05, 0) is 13.0 Å². The van der Waals surface area contributed by atoms with Crippen molar-refractivity contribution >= 4 is 33.0 Å². The van der Waals surface area contributed by atoms with Gasteiger partial charge >= 0.3 is 0 Å². The summed E-state index contributed by atoms with van der Waals surface area (Å²) in [6.45, 7) is 1.72. The highest BCUT2D eigenvalue weighted by molar-refractivity contribution is 7.89. The second-order valence-corrected chi connectivity index (χ2v) is 6.96. The van der Waals surface area contributed by atoms with Crippen molar-refractivity contribution in [2.24, 2.45) is 0 Å². The van der Waals surface area contributed by atoms with E-state index in [2.05, 4.69) is 10.1 Å². The van der Waals surface area contributed by atoms with Crippen LogP contribution in [0.5, 0.6) is 0 Å². The van der Waals surface area contributed by atoms with Crippen molar-refractivity contribution in [3.05, 3.63) is 45.5 Å². The van der Waals surface area contributed by atoms with Crippen LogP contribution < -0.4 is 0 Å². The minimum atomic E-state index is -3.43. The van der Waals surface area contributed by atoms with Crippen molar-refractivity contribution < 1.29 is 12.9 Å². The molecule has 2 heterocycles. The molecule has 0 aliphatic carbocycles. The third kappa shape index (κ3) is 3.92. The topological polar surface area (TPSA) is 73.1 Å². The van der Waals surface area contributed by atoms with E-state index in [1.54, 1.807) is 13.0 Å². The zero-order valence-corrected chi connectivity index (χ0v) is 12.3. The zero-order chi connectivity index (χ0) is 14.0. The monoisotopic (exact) mass is 320 g/mol. The van der Waals surface area contributed by atoms with Crippen molar-refractivity contribution in [3.8, 4) is 0 Å². The molecule has 2 aromatic heterocycles. The molecule has 0 unspecified atom stereocenters. The first kappa shape index (κ1) is 14.3. The summed E-state index contributed by atoms with van der Waals surface area (Å²) in [5.74, 6) is -0.223. The van der Waals surface area contributed by atoms with Crippen LogP contribution in [0.1, 0.15) is 17.1 Å². The van der Waals surface area contributed by atoms with Crippen LogP contribution >= 0.6 is 23.2 Å². The molecule has 0 aliphatic rings. The van der Waals surface area contributed by atoms with Gasteiger partial charge in [0.05, 0.1) is 27.2 Å². The minimum Gasteiger partial charge on any atom is -0.360 e. The lowest BCUT2D eigenvalue weighted by atomic mass is 10.4. The Hall–Kier alpha value is -1.11. The average Bonchev–Trinajstić information content (AvgIpc) is 2.67. The van der Waals surface area contributed by atoms with Crippen LogP contribution in [0.2, 0.25) is 10.0 Å². The fourth-order valence-corrected chi connectivity index (χ4v) is 3.35. The second kappa shape index (κ2) is 5.48. The molecule has 0 spiro atoms. The first-order chi connectivity index (χ1) is 8.85. The Balaban J connectivity index is 2.17. The van der Waals surface area contributed by atoms with Crippen molar-refractivity contribution in [3.63, 3.8) is 0 Å². The van der Waals surface area contributed by atoms with Crippen LogP contribution in [0.3, 0.4) is 0 Å². The number of halogens is 2. The molecule has 0 saturated carbocycles. The summed E-state index contributed by atoms with van der Waals surface area (Å²) in [7, 11) is -3.43. The Morgan fingerprint density at radius 2 is 2.00 bits per heavy atom. The van der Waals surface area contributed by atoms with Crippen molar-refractivity contribution in [2.45, 2.75) is 18.4 Å². The van der Waals surface area contributed by atoms with Crippen molar-refractivity contribution in [1.29, 1.82) is 0 Å². The normalized spacial score (nSPS) is 11.7. The molecular weight excluding hydrogens is 311 g/mol. The van der Waals surface area contributed by atoms with E-state index in [1.165, 1.54) is 12.3 Å². The summed E-state index contributed by atoms with van der Waals surface area (Å²) in [5, 5.41) is 4.22. The van der Waals surface area contributed by atoms with E-state index in [0.717, 1.165) is 0 Å². The highest BCUT2D eigenvalue weighted by atomic mass is 35.5. The Labute approximate surface area is 120 Å². The van der Waals surface area contributed by atoms with E-state index in [9.17, 15) is 8.42 Å². The lowest BCUT2D eigenvalue weighted by molar-refractivity contribution is 0.388. The maximum Gasteiger partial charge on any atom is 0.163 e. The third-order valence-corrected chi connectivity index (χ3v) is 4.25. The Bertz CT molecular complexity index is 698. The van der Waals surface area contributed by atoms with Crippen LogP contribution in [-0.4, -0.2) is 18.6 Å². The van der Waals surface area contributed by atoms with Crippen LogP contribution in [0.15, 0.2) is 22.9 Å².